The van der Waals surface area contributed by atoms with Crippen molar-refractivity contribution < 1.29 is 9.59 Å². The molecule has 1 fully saturated rings. The largest absolute Gasteiger partial charge is 0.335 e. The van der Waals surface area contributed by atoms with Crippen molar-refractivity contribution in [3.8, 4) is 0 Å². The second-order valence-electron chi connectivity index (χ2n) is 5.68. The maximum atomic E-state index is 12.2. The molecule has 1 saturated heterocycles. The Kier molecular flexibility index (Phi) is 4.09. The zero-order valence-electron chi connectivity index (χ0n) is 11.3. The molecule has 1 aromatic rings. The Morgan fingerprint density at radius 1 is 1.42 bits per heavy atom. The molecule has 0 spiro atoms. The average Bonchev–Trinajstić information content (AvgIpc) is 2.32. The summed E-state index contributed by atoms with van der Waals surface area (Å²) in [6.45, 7) is 4.82. The zero-order valence-corrected chi connectivity index (χ0v) is 12.9. The molecule has 0 bridgehead atoms. The molecular weight excluding hydrogens is 306 g/mol. The number of halogens is 1. The quantitative estimate of drug-likeness (QED) is 0.839. The lowest BCUT2D eigenvalue weighted by Crippen LogP contribution is -2.48. The molecule has 0 aromatic heterocycles. The fourth-order valence-electron chi connectivity index (χ4n) is 2.17. The van der Waals surface area contributed by atoms with Gasteiger partial charge in [0.05, 0.1) is 13.0 Å². The molecule has 3 nitrogen and oxygen atoms in total. The maximum absolute atomic E-state index is 12.2. The molecule has 2 rings (SSSR count). The highest BCUT2D eigenvalue weighted by Crippen LogP contribution is 2.27. The number of Topliss-reactive ketones (excluding diaryl/α,β-unsaturated/α-hetero) is 1. The van der Waals surface area contributed by atoms with Crippen molar-refractivity contribution in [2.24, 2.45) is 5.41 Å². The van der Waals surface area contributed by atoms with E-state index in [4.69, 9.17) is 0 Å². The van der Waals surface area contributed by atoms with Crippen LogP contribution in [0.25, 0.3) is 0 Å². The molecule has 0 radical (unpaired) electrons. The van der Waals surface area contributed by atoms with Gasteiger partial charge in [-0.25, -0.2) is 0 Å². The molecule has 1 aromatic carbocycles. The van der Waals surface area contributed by atoms with E-state index >= 15 is 0 Å². The summed E-state index contributed by atoms with van der Waals surface area (Å²) in [5, 5.41) is 0. The lowest BCUT2D eigenvalue weighted by atomic mass is 9.81. The van der Waals surface area contributed by atoms with Gasteiger partial charge in [-0.3, -0.25) is 9.59 Å². The number of carbonyl (C=O) groups is 2. The molecule has 0 atom stereocenters. The number of ketones is 1. The lowest BCUT2D eigenvalue weighted by molar-refractivity contribution is -0.142. The van der Waals surface area contributed by atoms with Gasteiger partial charge in [0.15, 0.2) is 5.78 Å². The topological polar surface area (TPSA) is 37.4 Å². The number of benzene rings is 1. The van der Waals surface area contributed by atoms with Crippen LogP contribution >= 0.6 is 15.9 Å². The van der Waals surface area contributed by atoms with Crippen LogP contribution in [-0.2, 0) is 16.0 Å². The molecular formula is C15H18BrNO2. The van der Waals surface area contributed by atoms with E-state index in [9.17, 15) is 9.59 Å². The minimum atomic E-state index is -0.285. The van der Waals surface area contributed by atoms with Crippen LogP contribution in [0.5, 0.6) is 0 Å². The van der Waals surface area contributed by atoms with E-state index in [1.165, 1.54) is 0 Å². The van der Waals surface area contributed by atoms with Crippen molar-refractivity contribution in [3.05, 3.63) is 34.3 Å². The van der Waals surface area contributed by atoms with E-state index in [0.717, 1.165) is 16.5 Å². The van der Waals surface area contributed by atoms with Crippen LogP contribution in [0, 0.1) is 5.41 Å². The van der Waals surface area contributed by atoms with Crippen molar-refractivity contribution in [2.45, 2.75) is 26.7 Å². The van der Waals surface area contributed by atoms with Crippen LogP contribution in [0.15, 0.2) is 28.7 Å². The van der Waals surface area contributed by atoms with Crippen LogP contribution < -0.4 is 0 Å². The zero-order chi connectivity index (χ0) is 14.0. The van der Waals surface area contributed by atoms with Gasteiger partial charge in [0.2, 0.25) is 5.91 Å². The Morgan fingerprint density at radius 3 is 2.79 bits per heavy atom. The van der Waals surface area contributed by atoms with Crippen LogP contribution in [0.2, 0.25) is 0 Å². The molecule has 0 N–H and O–H groups in total. The third-order valence-corrected chi connectivity index (χ3v) is 4.19. The molecule has 1 aliphatic heterocycles. The van der Waals surface area contributed by atoms with Gasteiger partial charge in [-0.15, -0.1) is 0 Å². The highest BCUT2D eigenvalue weighted by molar-refractivity contribution is 9.10. The normalized spacial score (nSPS) is 18.5. The summed E-state index contributed by atoms with van der Waals surface area (Å²) in [7, 11) is 0. The van der Waals surface area contributed by atoms with Crippen LogP contribution in [0.3, 0.4) is 0 Å². The maximum Gasteiger partial charge on any atom is 0.227 e. The molecule has 102 valence electrons. The molecule has 0 saturated carbocycles. The summed E-state index contributed by atoms with van der Waals surface area (Å²) >= 11 is 3.39. The summed E-state index contributed by atoms with van der Waals surface area (Å²) in [4.78, 5) is 25.8. The Balaban J connectivity index is 2.00. The van der Waals surface area contributed by atoms with E-state index < -0.39 is 0 Å². The summed E-state index contributed by atoms with van der Waals surface area (Å²) in [5.74, 6) is 0.184. The van der Waals surface area contributed by atoms with Crippen LogP contribution in [-0.4, -0.2) is 29.7 Å². The van der Waals surface area contributed by atoms with Crippen molar-refractivity contribution in [1.82, 2.24) is 4.90 Å². The smallest absolute Gasteiger partial charge is 0.227 e. The minimum absolute atomic E-state index is 0.0296. The molecule has 19 heavy (non-hydrogen) atoms. The summed E-state index contributed by atoms with van der Waals surface area (Å²) in [6.07, 6.45) is 1.10. The van der Waals surface area contributed by atoms with Gasteiger partial charge in [0.1, 0.15) is 0 Å². The van der Waals surface area contributed by atoms with Gasteiger partial charge in [-0.05, 0) is 24.1 Å². The second-order valence-corrected chi connectivity index (χ2v) is 6.59. The Morgan fingerprint density at radius 2 is 2.16 bits per heavy atom. The fraction of sp³-hybridized carbons (Fsp3) is 0.467. The number of rotatable bonds is 2. The number of nitrogens with zero attached hydrogens (tertiary/aromatic N) is 1. The van der Waals surface area contributed by atoms with E-state index in [0.29, 0.717) is 13.0 Å². The number of amides is 1. The summed E-state index contributed by atoms with van der Waals surface area (Å²) in [6, 6.07) is 7.71. The molecule has 1 heterocycles. The van der Waals surface area contributed by atoms with E-state index in [2.05, 4.69) is 15.9 Å². The number of carbonyl (C=O) groups excluding carboxylic acids is 2. The summed E-state index contributed by atoms with van der Waals surface area (Å²) in [5.41, 5.74) is 0.684. The SMILES string of the molecule is CC1(C)CCN(C(=O)Cc2cccc(Br)c2)CC1=O. The average molecular weight is 324 g/mol. The van der Waals surface area contributed by atoms with Gasteiger partial charge in [-0.2, -0.15) is 0 Å². The first-order valence-electron chi connectivity index (χ1n) is 6.44. The van der Waals surface area contributed by atoms with Gasteiger partial charge >= 0.3 is 0 Å². The molecule has 0 aliphatic carbocycles. The predicted molar refractivity (Wildman–Crippen MR) is 77.8 cm³/mol. The minimum Gasteiger partial charge on any atom is -0.335 e. The van der Waals surface area contributed by atoms with Gasteiger partial charge in [0, 0.05) is 16.4 Å². The van der Waals surface area contributed by atoms with E-state index in [-0.39, 0.29) is 23.7 Å². The molecule has 1 amide bonds. The van der Waals surface area contributed by atoms with Crippen molar-refractivity contribution in [1.29, 1.82) is 0 Å². The van der Waals surface area contributed by atoms with Gasteiger partial charge in [-0.1, -0.05) is 41.9 Å². The van der Waals surface area contributed by atoms with Crippen molar-refractivity contribution >= 4 is 27.6 Å². The predicted octanol–water partition coefficient (Wildman–Crippen LogP) is 2.82. The first-order chi connectivity index (χ1) is 8.88. The third-order valence-electron chi connectivity index (χ3n) is 3.69. The number of likely N-dealkylation sites (tertiary alicyclic amines) is 1. The van der Waals surface area contributed by atoms with Crippen molar-refractivity contribution in [3.63, 3.8) is 0 Å². The van der Waals surface area contributed by atoms with Gasteiger partial charge < -0.3 is 4.90 Å². The third kappa shape index (κ3) is 3.44. The van der Waals surface area contributed by atoms with Crippen LogP contribution in [0.1, 0.15) is 25.8 Å². The van der Waals surface area contributed by atoms with E-state index in [1.54, 1.807) is 4.90 Å². The Hall–Kier alpha value is -1.16. The fourth-order valence-corrected chi connectivity index (χ4v) is 2.61. The standard InChI is InChI=1S/C15H18BrNO2/c1-15(2)6-7-17(10-13(15)18)14(19)9-11-4-3-5-12(16)8-11/h3-5,8H,6-7,9-10H2,1-2H3. The van der Waals surface area contributed by atoms with Gasteiger partial charge in [0.25, 0.3) is 0 Å². The monoisotopic (exact) mass is 323 g/mol. The lowest BCUT2D eigenvalue weighted by Gasteiger charge is -2.35. The Bertz CT molecular complexity index is 511. The second kappa shape index (κ2) is 5.45. The highest BCUT2D eigenvalue weighted by Gasteiger charge is 2.35. The first-order valence-corrected chi connectivity index (χ1v) is 7.23. The summed E-state index contributed by atoms with van der Waals surface area (Å²) < 4.78 is 0.966. The Labute approximate surface area is 122 Å². The molecule has 4 heteroatoms. The number of hydrogen-bond acceptors (Lipinski definition) is 2. The number of hydrogen-bond donors (Lipinski definition) is 0. The van der Waals surface area contributed by atoms with Crippen LogP contribution in [0.4, 0.5) is 0 Å². The highest BCUT2D eigenvalue weighted by atomic mass is 79.9. The van der Waals surface area contributed by atoms with Crippen molar-refractivity contribution in [2.75, 3.05) is 13.1 Å². The molecule has 1 aliphatic rings. The molecule has 0 unspecified atom stereocenters. The van der Waals surface area contributed by atoms with E-state index in [1.807, 2.05) is 38.1 Å². The first kappa shape index (κ1) is 14.3. The number of piperidine rings is 1.